The lowest BCUT2D eigenvalue weighted by atomic mass is 10.1. The molecule has 1 saturated heterocycles. The van der Waals surface area contributed by atoms with Crippen LogP contribution in [0, 0.1) is 6.92 Å². The summed E-state index contributed by atoms with van der Waals surface area (Å²) in [5, 5.41) is 12.1. The quantitative estimate of drug-likeness (QED) is 0.555. The molecule has 1 fully saturated rings. The second-order valence-corrected chi connectivity index (χ2v) is 8.24. The minimum Gasteiger partial charge on any atom is -0.411 e. The van der Waals surface area contributed by atoms with Crippen LogP contribution in [0.3, 0.4) is 0 Å². The monoisotopic (exact) mass is 428 g/mol. The molecule has 1 aliphatic heterocycles. The number of hydrogen-bond donors (Lipinski definition) is 1. The molecule has 0 aliphatic carbocycles. The van der Waals surface area contributed by atoms with E-state index in [-0.39, 0.29) is 11.7 Å². The summed E-state index contributed by atoms with van der Waals surface area (Å²) in [5.74, 6) is 0.466. The van der Waals surface area contributed by atoms with Crippen LogP contribution in [0.4, 0.5) is 11.4 Å². The predicted molar refractivity (Wildman–Crippen MR) is 117 cm³/mol. The maximum absolute atomic E-state index is 12.5. The highest BCUT2D eigenvalue weighted by molar-refractivity contribution is 7.99. The van der Waals surface area contributed by atoms with Crippen molar-refractivity contribution in [2.24, 2.45) is 0 Å². The van der Waals surface area contributed by atoms with Crippen LogP contribution in [-0.2, 0) is 4.79 Å². The molecule has 0 saturated carbocycles. The molecule has 0 unspecified atom stereocenters. The molecule has 150 valence electrons. The molecule has 2 heterocycles. The maximum Gasteiger partial charge on any atom is 0.277 e. The third-order valence-electron chi connectivity index (χ3n) is 4.71. The zero-order chi connectivity index (χ0) is 20.2. The van der Waals surface area contributed by atoms with Gasteiger partial charge in [-0.1, -0.05) is 47.1 Å². The zero-order valence-corrected chi connectivity index (χ0v) is 17.6. The standard InChI is InChI=1S/C21H21ClN4O2S/c1-14-7-9-15(10-8-14)20-24-25-21(28-20)29-13-18(27)23-17-6-4-5-16(22)19(17)26-11-2-3-12-26/h4-10H,2-3,11-13H2,1H3,(H,23,27). The minimum absolute atomic E-state index is 0.146. The summed E-state index contributed by atoms with van der Waals surface area (Å²) in [6.07, 6.45) is 2.27. The van der Waals surface area contributed by atoms with Gasteiger partial charge in [0.25, 0.3) is 5.22 Å². The van der Waals surface area contributed by atoms with Crippen molar-refractivity contribution in [3.63, 3.8) is 0 Å². The number of benzene rings is 2. The first-order valence-electron chi connectivity index (χ1n) is 9.47. The maximum atomic E-state index is 12.5. The number of hydrogen-bond acceptors (Lipinski definition) is 6. The predicted octanol–water partition coefficient (Wildman–Crippen LogP) is 5.03. The molecule has 0 atom stereocenters. The number of thioether (sulfide) groups is 1. The van der Waals surface area contributed by atoms with E-state index < -0.39 is 0 Å². The van der Waals surface area contributed by atoms with Crippen LogP contribution < -0.4 is 10.2 Å². The number of para-hydroxylation sites is 1. The van der Waals surface area contributed by atoms with Gasteiger partial charge < -0.3 is 14.6 Å². The van der Waals surface area contributed by atoms with Crippen LogP contribution in [0.1, 0.15) is 18.4 Å². The van der Waals surface area contributed by atoms with E-state index in [1.54, 1.807) is 0 Å². The normalized spacial score (nSPS) is 13.7. The Morgan fingerprint density at radius 2 is 1.93 bits per heavy atom. The van der Waals surface area contributed by atoms with Gasteiger partial charge in [0.2, 0.25) is 11.8 Å². The van der Waals surface area contributed by atoms with E-state index in [2.05, 4.69) is 20.4 Å². The summed E-state index contributed by atoms with van der Waals surface area (Å²) < 4.78 is 5.67. The molecule has 1 aromatic heterocycles. The van der Waals surface area contributed by atoms with Gasteiger partial charge in [-0.3, -0.25) is 4.79 Å². The number of amides is 1. The molecular weight excluding hydrogens is 408 g/mol. The Balaban J connectivity index is 1.39. The Morgan fingerprint density at radius 3 is 2.69 bits per heavy atom. The first-order valence-corrected chi connectivity index (χ1v) is 10.8. The SMILES string of the molecule is Cc1ccc(-c2nnc(SCC(=O)Nc3cccc(Cl)c3N3CCCC3)o2)cc1. The van der Waals surface area contributed by atoms with Crippen molar-refractivity contribution in [2.45, 2.75) is 25.0 Å². The van der Waals surface area contributed by atoms with Crippen molar-refractivity contribution in [2.75, 3.05) is 29.1 Å². The number of carbonyl (C=O) groups excluding carboxylic acids is 1. The van der Waals surface area contributed by atoms with Crippen molar-refractivity contribution in [3.8, 4) is 11.5 Å². The van der Waals surface area contributed by atoms with E-state index in [4.69, 9.17) is 16.0 Å². The van der Waals surface area contributed by atoms with Gasteiger partial charge in [-0.25, -0.2) is 0 Å². The highest BCUT2D eigenvalue weighted by atomic mass is 35.5. The molecule has 1 amide bonds. The Hall–Kier alpha value is -2.51. The molecule has 6 nitrogen and oxygen atoms in total. The van der Waals surface area contributed by atoms with Gasteiger partial charge in [0, 0.05) is 18.7 Å². The number of nitrogens with zero attached hydrogens (tertiary/aromatic N) is 3. The molecule has 1 N–H and O–H groups in total. The summed E-state index contributed by atoms with van der Waals surface area (Å²) in [6.45, 7) is 3.92. The third-order valence-corrected chi connectivity index (χ3v) is 5.84. The van der Waals surface area contributed by atoms with Gasteiger partial charge in [0.1, 0.15) is 0 Å². The van der Waals surface area contributed by atoms with E-state index in [0.717, 1.165) is 48.4 Å². The number of aromatic nitrogens is 2. The summed E-state index contributed by atoms with van der Waals surface area (Å²) >= 11 is 7.61. The van der Waals surface area contributed by atoms with Gasteiger partial charge in [0.05, 0.1) is 22.2 Å². The molecule has 0 bridgehead atoms. The van der Waals surface area contributed by atoms with Crippen molar-refractivity contribution in [1.82, 2.24) is 10.2 Å². The Kier molecular flexibility index (Phi) is 6.06. The lowest BCUT2D eigenvalue weighted by Gasteiger charge is -2.22. The highest BCUT2D eigenvalue weighted by Crippen LogP contribution is 2.36. The Labute approximate surface area is 178 Å². The van der Waals surface area contributed by atoms with Crippen LogP contribution in [0.15, 0.2) is 52.1 Å². The minimum atomic E-state index is -0.146. The third kappa shape index (κ3) is 4.74. The van der Waals surface area contributed by atoms with Crippen LogP contribution in [0.2, 0.25) is 5.02 Å². The lowest BCUT2D eigenvalue weighted by molar-refractivity contribution is -0.113. The fourth-order valence-electron chi connectivity index (χ4n) is 3.27. The number of halogens is 1. The van der Waals surface area contributed by atoms with Crippen molar-refractivity contribution >= 4 is 40.6 Å². The van der Waals surface area contributed by atoms with Crippen molar-refractivity contribution in [1.29, 1.82) is 0 Å². The number of anilines is 2. The van der Waals surface area contributed by atoms with Gasteiger partial charge in [-0.2, -0.15) is 0 Å². The number of carbonyl (C=O) groups is 1. The first kappa shape index (κ1) is 19.8. The van der Waals surface area contributed by atoms with Gasteiger partial charge in [-0.15, -0.1) is 10.2 Å². The highest BCUT2D eigenvalue weighted by Gasteiger charge is 2.20. The second kappa shape index (κ2) is 8.88. The summed E-state index contributed by atoms with van der Waals surface area (Å²) in [7, 11) is 0. The summed E-state index contributed by atoms with van der Waals surface area (Å²) in [6, 6.07) is 13.4. The Morgan fingerprint density at radius 1 is 1.17 bits per heavy atom. The van der Waals surface area contributed by atoms with Crippen LogP contribution >= 0.6 is 23.4 Å². The summed E-state index contributed by atoms with van der Waals surface area (Å²) in [4.78, 5) is 14.7. The first-order chi connectivity index (χ1) is 14.1. The second-order valence-electron chi connectivity index (χ2n) is 6.91. The molecule has 4 rings (SSSR count). The molecule has 3 aromatic rings. The fourth-order valence-corrected chi connectivity index (χ4v) is 4.13. The van der Waals surface area contributed by atoms with E-state index >= 15 is 0 Å². The van der Waals surface area contributed by atoms with E-state index in [1.807, 2.05) is 49.4 Å². The van der Waals surface area contributed by atoms with Crippen LogP contribution in [0.25, 0.3) is 11.5 Å². The molecular formula is C21H21ClN4O2S. The van der Waals surface area contributed by atoms with E-state index in [1.165, 1.54) is 11.8 Å². The number of aryl methyl sites for hydroxylation is 1. The Bertz CT molecular complexity index is 1000. The molecule has 0 spiro atoms. The topological polar surface area (TPSA) is 71.3 Å². The molecule has 0 radical (unpaired) electrons. The fraction of sp³-hybridized carbons (Fsp3) is 0.286. The van der Waals surface area contributed by atoms with E-state index in [9.17, 15) is 4.79 Å². The van der Waals surface area contributed by atoms with Gasteiger partial charge >= 0.3 is 0 Å². The van der Waals surface area contributed by atoms with Crippen molar-refractivity contribution < 1.29 is 9.21 Å². The molecule has 1 aliphatic rings. The smallest absolute Gasteiger partial charge is 0.277 e. The van der Waals surface area contributed by atoms with Gasteiger partial charge in [-0.05, 0) is 44.0 Å². The largest absolute Gasteiger partial charge is 0.411 e. The summed E-state index contributed by atoms with van der Waals surface area (Å²) in [5.41, 5.74) is 3.64. The molecule has 2 aromatic carbocycles. The zero-order valence-electron chi connectivity index (χ0n) is 16.0. The van der Waals surface area contributed by atoms with Crippen molar-refractivity contribution in [3.05, 3.63) is 53.1 Å². The molecule has 8 heteroatoms. The lowest BCUT2D eigenvalue weighted by Crippen LogP contribution is -2.22. The average Bonchev–Trinajstić information content (AvgIpc) is 3.39. The number of nitrogens with one attached hydrogen (secondary N) is 1. The average molecular weight is 429 g/mol. The van der Waals surface area contributed by atoms with Gasteiger partial charge in [0.15, 0.2) is 0 Å². The number of rotatable bonds is 6. The van der Waals surface area contributed by atoms with E-state index in [0.29, 0.717) is 16.1 Å². The van der Waals surface area contributed by atoms with Crippen LogP contribution in [0.5, 0.6) is 0 Å². The molecule has 29 heavy (non-hydrogen) atoms. The van der Waals surface area contributed by atoms with Crippen LogP contribution in [-0.4, -0.2) is 34.9 Å².